The lowest BCUT2D eigenvalue weighted by molar-refractivity contribution is -0.122. The van der Waals surface area contributed by atoms with Gasteiger partial charge in [0, 0.05) is 36.6 Å². The number of amides is 1. The lowest BCUT2D eigenvalue weighted by Crippen LogP contribution is -2.55. The van der Waals surface area contributed by atoms with E-state index in [-0.39, 0.29) is 11.9 Å². The van der Waals surface area contributed by atoms with Gasteiger partial charge in [-0.25, -0.2) is 0 Å². The average molecular weight is 379 g/mol. The summed E-state index contributed by atoms with van der Waals surface area (Å²) in [6.07, 6.45) is 2.04. The third-order valence-corrected chi connectivity index (χ3v) is 5.84. The van der Waals surface area contributed by atoms with Crippen molar-refractivity contribution in [2.75, 3.05) is 24.2 Å². The first-order valence-corrected chi connectivity index (χ1v) is 9.88. The van der Waals surface area contributed by atoms with Crippen molar-refractivity contribution in [3.8, 4) is 0 Å². The molecule has 134 valence electrons. The van der Waals surface area contributed by atoms with Gasteiger partial charge in [-0.3, -0.25) is 14.4 Å². The van der Waals surface area contributed by atoms with Crippen molar-refractivity contribution in [1.82, 2.24) is 14.7 Å². The molecule has 25 heavy (non-hydrogen) atoms. The van der Waals surface area contributed by atoms with Crippen LogP contribution in [0.1, 0.15) is 18.2 Å². The van der Waals surface area contributed by atoms with Crippen LogP contribution >= 0.6 is 23.4 Å². The highest BCUT2D eigenvalue weighted by atomic mass is 35.5. The van der Waals surface area contributed by atoms with Gasteiger partial charge in [0.05, 0.1) is 17.9 Å². The molecule has 0 aliphatic carbocycles. The first-order valence-electron chi connectivity index (χ1n) is 8.27. The molecule has 5 nitrogen and oxygen atoms in total. The predicted molar refractivity (Wildman–Crippen MR) is 103 cm³/mol. The number of benzene rings is 1. The van der Waals surface area contributed by atoms with E-state index in [9.17, 15) is 4.79 Å². The number of carbonyl (C=O) groups is 1. The summed E-state index contributed by atoms with van der Waals surface area (Å²) < 4.78 is 1.68. The van der Waals surface area contributed by atoms with Crippen molar-refractivity contribution in [2.24, 2.45) is 7.05 Å². The predicted octanol–water partition coefficient (Wildman–Crippen LogP) is 3.34. The number of halogens is 1. The van der Waals surface area contributed by atoms with Crippen molar-refractivity contribution in [3.63, 3.8) is 0 Å². The second-order valence-corrected chi connectivity index (χ2v) is 7.64. The van der Waals surface area contributed by atoms with Crippen LogP contribution in [0, 0.1) is 6.92 Å². The zero-order valence-corrected chi connectivity index (χ0v) is 16.6. The molecule has 1 atom stereocenters. The number of piperazine rings is 1. The van der Waals surface area contributed by atoms with E-state index in [4.69, 9.17) is 11.6 Å². The molecule has 0 unspecified atom stereocenters. The number of para-hydroxylation sites is 1. The number of aryl methyl sites for hydroxylation is 2. The van der Waals surface area contributed by atoms with Crippen molar-refractivity contribution < 1.29 is 4.79 Å². The van der Waals surface area contributed by atoms with Gasteiger partial charge in [0.2, 0.25) is 5.91 Å². The van der Waals surface area contributed by atoms with Crippen molar-refractivity contribution in [3.05, 3.63) is 40.7 Å². The third kappa shape index (κ3) is 3.57. The fraction of sp³-hybridized carbons (Fsp3) is 0.444. The van der Waals surface area contributed by atoms with Crippen molar-refractivity contribution in [1.29, 1.82) is 0 Å². The van der Waals surface area contributed by atoms with E-state index < -0.39 is 0 Å². The van der Waals surface area contributed by atoms with Gasteiger partial charge in [0.25, 0.3) is 0 Å². The molecule has 2 heterocycles. The number of hydrogen-bond donors (Lipinski definition) is 0. The van der Waals surface area contributed by atoms with Crippen LogP contribution < -0.4 is 4.90 Å². The molecule has 1 aromatic heterocycles. The van der Waals surface area contributed by atoms with Gasteiger partial charge < -0.3 is 4.90 Å². The summed E-state index contributed by atoms with van der Waals surface area (Å²) in [4.78, 5) is 18.1. The first kappa shape index (κ1) is 18.3. The van der Waals surface area contributed by atoms with Crippen LogP contribution in [-0.2, 0) is 18.4 Å². The lowest BCUT2D eigenvalue weighted by atomic mass is 10.1. The van der Waals surface area contributed by atoms with E-state index in [1.165, 1.54) is 0 Å². The van der Waals surface area contributed by atoms with Crippen LogP contribution in [-0.4, -0.2) is 46.0 Å². The summed E-state index contributed by atoms with van der Waals surface area (Å²) in [6, 6.07) is 8.18. The molecule has 0 saturated carbocycles. The summed E-state index contributed by atoms with van der Waals surface area (Å²) in [7, 11) is 1.84. The van der Waals surface area contributed by atoms with E-state index in [1.54, 1.807) is 16.4 Å². The molecule has 0 bridgehead atoms. The summed E-state index contributed by atoms with van der Waals surface area (Å²) >= 11 is 8.01. The maximum atomic E-state index is 12.9. The van der Waals surface area contributed by atoms with Crippen LogP contribution in [0.2, 0.25) is 5.15 Å². The molecule has 1 amide bonds. The fourth-order valence-electron chi connectivity index (χ4n) is 3.43. The molecular weight excluding hydrogens is 356 g/mol. The maximum absolute atomic E-state index is 12.9. The third-order valence-electron chi connectivity index (χ3n) is 4.59. The molecule has 1 fully saturated rings. The Balaban J connectivity index is 1.79. The van der Waals surface area contributed by atoms with E-state index in [2.05, 4.69) is 23.0 Å². The highest BCUT2D eigenvalue weighted by Gasteiger charge is 2.32. The SMILES string of the molecule is CSc1ccccc1N1C(=O)CN(Cc2c(C)nn(C)c2Cl)C[C@@H]1C. The molecule has 1 saturated heterocycles. The van der Waals surface area contributed by atoms with Gasteiger partial charge in [-0.1, -0.05) is 23.7 Å². The lowest BCUT2D eigenvalue weighted by Gasteiger charge is -2.40. The molecule has 1 aliphatic heterocycles. The number of hydrogen-bond acceptors (Lipinski definition) is 4. The van der Waals surface area contributed by atoms with E-state index >= 15 is 0 Å². The van der Waals surface area contributed by atoms with E-state index in [0.717, 1.165) is 28.4 Å². The summed E-state index contributed by atoms with van der Waals surface area (Å²) in [5.74, 6) is 0.123. The van der Waals surface area contributed by atoms with Gasteiger partial charge in [0.1, 0.15) is 5.15 Å². The van der Waals surface area contributed by atoms with Crippen LogP contribution in [0.5, 0.6) is 0 Å². The molecular formula is C18H23ClN4OS. The van der Waals surface area contributed by atoms with Crippen molar-refractivity contribution >= 4 is 35.0 Å². The molecule has 1 aromatic carbocycles. The smallest absolute Gasteiger partial charge is 0.241 e. The summed E-state index contributed by atoms with van der Waals surface area (Å²) in [5, 5.41) is 5.01. The zero-order valence-electron chi connectivity index (χ0n) is 15.0. The minimum absolute atomic E-state index is 0.102. The van der Waals surface area contributed by atoms with Gasteiger partial charge in [0.15, 0.2) is 0 Å². The van der Waals surface area contributed by atoms with Crippen LogP contribution in [0.4, 0.5) is 5.69 Å². The Kier molecular flexibility index (Phi) is 5.41. The highest BCUT2D eigenvalue weighted by molar-refractivity contribution is 7.98. The number of anilines is 1. The maximum Gasteiger partial charge on any atom is 0.241 e. The minimum atomic E-state index is 0.102. The van der Waals surface area contributed by atoms with Crippen LogP contribution in [0.15, 0.2) is 29.2 Å². The molecule has 0 spiro atoms. The minimum Gasteiger partial charge on any atom is -0.306 e. The molecule has 0 radical (unpaired) electrons. The molecule has 3 rings (SSSR count). The average Bonchev–Trinajstić information content (AvgIpc) is 2.81. The number of nitrogens with zero attached hydrogens (tertiary/aromatic N) is 4. The first-order chi connectivity index (χ1) is 11.9. The topological polar surface area (TPSA) is 41.4 Å². The molecule has 1 aliphatic rings. The van der Waals surface area contributed by atoms with Crippen LogP contribution in [0.3, 0.4) is 0 Å². The largest absolute Gasteiger partial charge is 0.306 e. The molecule has 2 aromatic rings. The summed E-state index contributed by atoms with van der Waals surface area (Å²) in [5.41, 5.74) is 2.92. The Morgan fingerprint density at radius 1 is 1.36 bits per heavy atom. The van der Waals surface area contributed by atoms with Gasteiger partial charge in [-0.15, -0.1) is 11.8 Å². The number of aromatic nitrogens is 2. The fourth-order valence-corrected chi connectivity index (χ4v) is 4.26. The van der Waals surface area contributed by atoms with Gasteiger partial charge in [-0.05, 0) is 32.2 Å². The Hall–Kier alpha value is -1.50. The Morgan fingerprint density at radius 3 is 2.68 bits per heavy atom. The van der Waals surface area contributed by atoms with Crippen molar-refractivity contribution in [2.45, 2.75) is 31.3 Å². The highest BCUT2D eigenvalue weighted by Crippen LogP contribution is 2.32. The molecule has 0 N–H and O–H groups in total. The number of thioether (sulfide) groups is 1. The second kappa shape index (κ2) is 7.40. The normalized spacial score (nSPS) is 18.8. The molecule has 7 heteroatoms. The van der Waals surface area contributed by atoms with Gasteiger partial charge >= 0.3 is 0 Å². The second-order valence-electron chi connectivity index (χ2n) is 6.43. The standard InChI is InChI=1S/C18H23ClN4OS/c1-12-9-22(10-14-13(2)20-21(3)18(14)19)11-17(24)23(12)15-7-5-6-8-16(15)25-4/h5-8,12H,9-11H2,1-4H3/t12-/m0/s1. The number of rotatable bonds is 4. The Morgan fingerprint density at radius 2 is 2.08 bits per heavy atom. The Labute approximate surface area is 157 Å². The van der Waals surface area contributed by atoms with E-state index in [1.807, 2.05) is 43.3 Å². The van der Waals surface area contributed by atoms with Gasteiger partial charge in [-0.2, -0.15) is 5.10 Å². The van der Waals surface area contributed by atoms with Crippen LogP contribution in [0.25, 0.3) is 0 Å². The summed E-state index contributed by atoms with van der Waals surface area (Å²) in [6.45, 7) is 5.89. The number of carbonyl (C=O) groups excluding carboxylic acids is 1. The monoisotopic (exact) mass is 378 g/mol. The quantitative estimate of drug-likeness (QED) is 0.765. The Bertz CT molecular complexity index is 791. The van der Waals surface area contributed by atoms with E-state index in [0.29, 0.717) is 18.2 Å². The zero-order chi connectivity index (χ0) is 18.1.